The Labute approximate surface area is 276 Å². The molecule has 0 N–H and O–H groups in total. The fourth-order valence-corrected chi connectivity index (χ4v) is 7.68. The minimum absolute atomic E-state index is 0.598. The molecule has 2 atom stereocenters. The van der Waals surface area contributed by atoms with Crippen molar-refractivity contribution >= 4 is 0 Å². The third kappa shape index (κ3) is 31.8. The van der Waals surface area contributed by atoms with Crippen LogP contribution in [0.1, 0.15) is 266 Å². The van der Waals surface area contributed by atoms with Gasteiger partial charge in [0.15, 0.2) is 0 Å². The van der Waals surface area contributed by atoms with Crippen LogP contribution in [0.3, 0.4) is 0 Å². The first-order valence-electron chi connectivity index (χ1n) is 21.1. The summed E-state index contributed by atoms with van der Waals surface area (Å²) in [5.74, 6) is 0.990. The van der Waals surface area contributed by atoms with Gasteiger partial charge in [-0.25, -0.2) is 0 Å². The molecular weight excluding hydrogens is 516 g/mol. The normalized spacial score (nSPS) is 13.9. The Morgan fingerprint density at radius 3 is 0.907 bits per heavy atom. The third-order valence-corrected chi connectivity index (χ3v) is 10.7. The van der Waals surface area contributed by atoms with Crippen molar-refractivity contribution < 1.29 is 0 Å². The van der Waals surface area contributed by atoms with Crippen LogP contribution in [0.5, 0.6) is 0 Å². The standard InChI is InChI=1S/C43H88/c1-6-10-14-17-19-21-23-25-26-28-30-32-35-38-42(37-34-16-12-8-3)41-43(5,39-13-9-4)40-36-33-31-29-27-24-22-20-18-15-11-7-2/h42H,6-41H2,1-5H3. The van der Waals surface area contributed by atoms with E-state index >= 15 is 0 Å². The van der Waals surface area contributed by atoms with Gasteiger partial charge in [0.2, 0.25) is 0 Å². The minimum Gasteiger partial charge on any atom is -0.0654 e. The monoisotopic (exact) mass is 605 g/mol. The average molecular weight is 605 g/mol. The molecule has 2 unspecified atom stereocenters. The highest BCUT2D eigenvalue weighted by Gasteiger charge is 2.27. The first-order valence-corrected chi connectivity index (χ1v) is 21.1. The van der Waals surface area contributed by atoms with E-state index in [0.717, 1.165) is 5.92 Å². The van der Waals surface area contributed by atoms with E-state index in [2.05, 4.69) is 34.6 Å². The molecule has 0 aliphatic rings. The highest BCUT2D eigenvalue weighted by Crippen LogP contribution is 2.40. The molecule has 0 heterocycles. The summed E-state index contributed by atoms with van der Waals surface area (Å²) in [4.78, 5) is 0. The summed E-state index contributed by atoms with van der Waals surface area (Å²) in [5.41, 5.74) is 0.598. The lowest BCUT2D eigenvalue weighted by Crippen LogP contribution is -2.21. The van der Waals surface area contributed by atoms with Crippen molar-refractivity contribution in [1.29, 1.82) is 0 Å². The molecule has 0 radical (unpaired) electrons. The summed E-state index contributed by atoms with van der Waals surface area (Å²) in [6, 6.07) is 0. The molecule has 0 aromatic rings. The maximum Gasteiger partial charge on any atom is -0.0323 e. The van der Waals surface area contributed by atoms with Gasteiger partial charge < -0.3 is 0 Å². The van der Waals surface area contributed by atoms with Crippen molar-refractivity contribution in [3.05, 3.63) is 0 Å². The molecular formula is C43H88. The lowest BCUT2D eigenvalue weighted by Gasteiger charge is -2.34. The molecule has 0 bridgehead atoms. The second-order valence-electron chi connectivity index (χ2n) is 15.5. The molecule has 0 fully saturated rings. The molecule has 0 saturated heterocycles. The van der Waals surface area contributed by atoms with E-state index in [1.54, 1.807) is 0 Å². The fourth-order valence-electron chi connectivity index (χ4n) is 7.68. The second kappa shape index (κ2) is 34.9. The van der Waals surface area contributed by atoms with Crippen LogP contribution in [-0.2, 0) is 0 Å². The van der Waals surface area contributed by atoms with Crippen LogP contribution in [0, 0.1) is 11.3 Å². The quantitative estimate of drug-likeness (QED) is 0.0619. The van der Waals surface area contributed by atoms with Gasteiger partial charge in [0, 0.05) is 0 Å². The smallest absolute Gasteiger partial charge is 0.0323 e. The van der Waals surface area contributed by atoms with Crippen molar-refractivity contribution in [1.82, 2.24) is 0 Å². The van der Waals surface area contributed by atoms with Gasteiger partial charge in [-0.3, -0.25) is 0 Å². The molecule has 0 saturated carbocycles. The van der Waals surface area contributed by atoms with Gasteiger partial charge in [0.05, 0.1) is 0 Å². The number of unbranched alkanes of at least 4 members (excludes halogenated alkanes) is 27. The maximum absolute atomic E-state index is 2.70. The topological polar surface area (TPSA) is 0 Å². The van der Waals surface area contributed by atoms with Crippen molar-refractivity contribution in [3.63, 3.8) is 0 Å². The fraction of sp³-hybridized carbons (Fsp3) is 1.00. The molecule has 260 valence electrons. The summed E-state index contributed by atoms with van der Waals surface area (Å²) in [5, 5.41) is 0. The van der Waals surface area contributed by atoms with Crippen molar-refractivity contribution in [2.45, 2.75) is 266 Å². The molecule has 0 aliphatic heterocycles. The Bertz CT molecular complexity index is 494. The van der Waals surface area contributed by atoms with E-state index in [9.17, 15) is 0 Å². The van der Waals surface area contributed by atoms with Crippen molar-refractivity contribution in [2.75, 3.05) is 0 Å². The van der Waals surface area contributed by atoms with E-state index in [1.807, 2.05) is 0 Å². The number of rotatable bonds is 37. The largest absolute Gasteiger partial charge is 0.0654 e. The predicted octanol–water partition coefficient (Wildman–Crippen LogP) is 16.7. The summed E-state index contributed by atoms with van der Waals surface area (Å²) >= 11 is 0. The second-order valence-corrected chi connectivity index (χ2v) is 15.5. The molecule has 0 aliphatic carbocycles. The van der Waals surface area contributed by atoms with E-state index in [1.165, 1.54) is 231 Å². The van der Waals surface area contributed by atoms with Gasteiger partial charge in [0.25, 0.3) is 0 Å². The highest BCUT2D eigenvalue weighted by molar-refractivity contribution is 4.79. The van der Waals surface area contributed by atoms with Crippen LogP contribution in [0.2, 0.25) is 0 Å². The maximum atomic E-state index is 2.70. The summed E-state index contributed by atoms with van der Waals surface area (Å²) < 4.78 is 0. The molecule has 0 aromatic carbocycles. The first-order chi connectivity index (χ1) is 21.1. The lowest BCUT2D eigenvalue weighted by atomic mass is 9.71. The van der Waals surface area contributed by atoms with Gasteiger partial charge in [-0.2, -0.15) is 0 Å². The van der Waals surface area contributed by atoms with Crippen LogP contribution < -0.4 is 0 Å². The Morgan fingerprint density at radius 2 is 0.558 bits per heavy atom. The molecule has 0 amide bonds. The van der Waals surface area contributed by atoms with Gasteiger partial charge in [-0.1, -0.05) is 247 Å². The van der Waals surface area contributed by atoms with Gasteiger partial charge in [-0.15, -0.1) is 0 Å². The van der Waals surface area contributed by atoms with E-state index in [-0.39, 0.29) is 0 Å². The van der Waals surface area contributed by atoms with Crippen molar-refractivity contribution in [2.24, 2.45) is 11.3 Å². The number of hydrogen-bond acceptors (Lipinski definition) is 0. The Hall–Kier alpha value is 0. The molecule has 43 heavy (non-hydrogen) atoms. The Kier molecular flexibility index (Phi) is 34.9. The SMILES string of the molecule is CCCCCCCCCCCCCCCC(CCCCCC)CC(C)(CCCC)CCCCCCCCCCCCCC. The van der Waals surface area contributed by atoms with Crippen LogP contribution in [-0.4, -0.2) is 0 Å². The zero-order valence-corrected chi connectivity index (χ0v) is 31.5. The third-order valence-electron chi connectivity index (χ3n) is 10.7. The molecule has 0 spiro atoms. The van der Waals surface area contributed by atoms with E-state index in [4.69, 9.17) is 0 Å². The van der Waals surface area contributed by atoms with Crippen LogP contribution in [0.4, 0.5) is 0 Å². The van der Waals surface area contributed by atoms with Gasteiger partial charge >= 0.3 is 0 Å². The predicted molar refractivity (Wildman–Crippen MR) is 201 cm³/mol. The first kappa shape index (κ1) is 43.0. The van der Waals surface area contributed by atoms with Crippen LogP contribution in [0.25, 0.3) is 0 Å². The van der Waals surface area contributed by atoms with Crippen LogP contribution >= 0.6 is 0 Å². The summed E-state index contributed by atoms with van der Waals surface area (Å²) in [6.07, 6.45) is 52.9. The van der Waals surface area contributed by atoms with Gasteiger partial charge in [-0.05, 0) is 30.6 Å². The van der Waals surface area contributed by atoms with E-state index in [0.29, 0.717) is 5.41 Å². The Morgan fingerprint density at radius 1 is 0.302 bits per heavy atom. The lowest BCUT2D eigenvalue weighted by molar-refractivity contribution is 0.176. The molecule has 0 heteroatoms. The minimum atomic E-state index is 0.598. The summed E-state index contributed by atoms with van der Waals surface area (Å²) in [7, 11) is 0. The zero-order chi connectivity index (χ0) is 31.5. The molecule has 0 nitrogen and oxygen atoms in total. The average Bonchev–Trinajstić information content (AvgIpc) is 3.01. The highest BCUT2D eigenvalue weighted by atomic mass is 14.3. The van der Waals surface area contributed by atoms with Crippen molar-refractivity contribution in [3.8, 4) is 0 Å². The van der Waals surface area contributed by atoms with Gasteiger partial charge in [0.1, 0.15) is 0 Å². The van der Waals surface area contributed by atoms with E-state index < -0.39 is 0 Å². The number of hydrogen-bond donors (Lipinski definition) is 0. The zero-order valence-electron chi connectivity index (χ0n) is 31.5. The Balaban J connectivity index is 4.30. The summed E-state index contributed by atoms with van der Waals surface area (Å²) in [6.45, 7) is 12.1. The van der Waals surface area contributed by atoms with Crippen LogP contribution in [0.15, 0.2) is 0 Å². The molecule has 0 aromatic heterocycles. The molecule has 0 rings (SSSR count).